The number of nitrogens with zero attached hydrogens (tertiary/aromatic N) is 6. The molecule has 0 aliphatic carbocycles. The molecule has 0 radical (unpaired) electrons. The molecule has 1 amide bonds. The lowest BCUT2D eigenvalue weighted by Gasteiger charge is -2.35. The normalized spacial score (nSPS) is 20.0. The first kappa shape index (κ1) is 15.6. The van der Waals surface area contributed by atoms with E-state index in [-0.39, 0.29) is 17.9 Å². The summed E-state index contributed by atoms with van der Waals surface area (Å²) in [5.74, 6) is 1.42. The third kappa shape index (κ3) is 3.11. The molecule has 8 heteroatoms. The van der Waals surface area contributed by atoms with Crippen LogP contribution in [0.3, 0.4) is 0 Å². The molecule has 8 nitrogen and oxygen atoms in total. The Morgan fingerprint density at radius 3 is 2.83 bits per heavy atom. The molecule has 2 aromatic rings. The van der Waals surface area contributed by atoms with E-state index in [1.807, 2.05) is 25.7 Å². The van der Waals surface area contributed by atoms with Crippen LogP contribution in [0.1, 0.15) is 69.8 Å². The smallest absolute Gasteiger partial charge is 0.249 e. The first-order valence-electron chi connectivity index (χ1n) is 8.06. The van der Waals surface area contributed by atoms with Gasteiger partial charge in [-0.1, -0.05) is 19.0 Å². The van der Waals surface area contributed by atoms with Gasteiger partial charge in [-0.15, -0.1) is 0 Å². The second kappa shape index (κ2) is 6.47. The molecule has 0 saturated carbocycles. The van der Waals surface area contributed by atoms with Crippen molar-refractivity contribution in [3.63, 3.8) is 0 Å². The molecule has 0 aromatic carbocycles. The van der Waals surface area contributed by atoms with Crippen LogP contribution in [0.2, 0.25) is 0 Å². The van der Waals surface area contributed by atoms with Gasteiger partial charge in [0.2, 0.25) is 11.8 Å². The van der Waals surface area contributed by atoms with Gasteiger partial charge in [-0.25, -0.2) is 9.67 Å². The second-order valence-corrected chi connectivity index (χ2v) is 6.24. The first-order chi connectivity index (χ1) is 11.1. The van der Waals surface area contributed by atoms with Crippen LogP contribution >= 0.6 is 0 Å². The summed E-state index contributed by atoms with van der Waals surface area (Å²) in [5, 5.41) is 8.09. The largest absolute Gasteiger partial charge is 0.337 e. The summed E-state index contributed by atoms with van der Waals surface area (Å²) in [6.45, 7) is 6.56. The predicted molar refractivity (Wildman–Crippen MR) is 81.4 cm³/mol. The number of hydrogen-bond acceptors (Lipinski definition) is 6. The Morgan fingerprint density at radius 2 is 2.17 bits per heavy atom. The number of rotatable bonds is 4. The van der Waals surface area contributed by atoms with Crippen LogP contribution < -0.4 is 0 Å². The summed E-state index contributed by atoms with van der Waals surface area (Å²) in [6.07, 6.45) is 5.87. The maximum absolute atomic E-state index is 12.9. The average molecular weight is 318 g/mol. The zero-order chi connectivity index (χ0) is 16.4. The fraction of sp³-hybridized carbons (Fsp3) is 0.667. The van der Waals surface area contributed by atoms with Crippen LogP contribution in [0.25, 0.3) is 0 Å². The van der Waals surface area contributed by atoms with E-state index in [9.17, 15) is 4.79 Å². The van der Waals surface area contributed by atoms with Crippen LogP contribution in [-0.4, -0.2) is 42.3 Å². The Bertz CT molecular complexity index is 651. The van der Waals surface area contributed by atoms with Gasteiger partial charge in [0.1, 0.15) is 24.7 Å². The maximum atomic E-state index is 12.9. The molecule has 23 heavy (non-hydrogen) atoms. The molecule has 0 unspecified atom stereocenters. The standard InChI is InChI=1S/C15H22N6O2/c1-10(2)13-18-14(23-19-13)12-6-4-5-7-20(12)15(22)11(3)21-9-16-8-17-21/h8-12H,4-7H2,1-3H3/t11-,12-/m0/s1. The first-order valence-corrected chi connectivity index (χ1v) is 8.06. The Morgan fingerprint density at radius 1 is 1.35 bits per heavy atom. The maximum Gasteiger partial charge on any atom is 0.249 e. The monoisotopic (exact) mass is 318 g/mol. The van der Waals surface area contributed by atoms with Crippen molar-refractivity contribution in [3.8, 4) is 0 Å². The van der Waals surface area contributed by atoms with Crippen LogP contribution in [0.5, 0.6) is 0 Å². The minimum absolute atomic E-state index is 0.00416. The van der Waals surface area contributed by atoms with E-state index in [1.54, 1.807) is 11.0 Å². The lowest BCUT2D eigenvalue weighted by Crippen LogP contribution is -2.42. The van der Waals surface area contributed by atoms with Crippen LogP contribution in [0.15, 0.2) is 17.2 Å². The van der Waals surface area contributed by atoms with Crippen molar-refractivity contribution >= 4 is 5.91 Å². The highest BCUT2D eigenvalue weighted by Gasteiger charge is 2.35. The molecule has 1 fully saturated rings. The highest BCUT2D eigenvalue weighted by Crippen LogP contribution is 2.32. The van der Waals surface area contributed by atoms with Gasteiger partial charge in [0, 0.05) is 12.5 Å². The van der Waals surface area contributed by atoms with Gasteiger partial charge in [-0.3, -0.25) is 4.79 Å². The van der Waals surface area contributed by atoms with Crippen molar-refractivity contribution < 1.29 is 9.32 Å². The van der Waals surface area contributed by atoms with Gasteiger partial charge in [0.15, 0.2) is 5.82 Å². The molecule has 0 bridgehead atoms. The molecule has 124 valence electrons. The molecule has 3 rings (SSSR count). The molecule has 2 aromatic heterocycles. The Balaban J connectivity index is 1.81. The summed E-state index contributed by atoms with van der Waals surface area (Å²) in [6, 6.07) is -0.548. The van der Waals surface area contributed by atoms with Gasteiger partial charge in [0.25, 0.3) is 0 Å². The van der Waals surface area contributed by atoms with E-state index >= 15 is 0 Å². The molecular formula is C15H22N6O2. The SMILES string of the molecule is CC(C)c1noc([C@@H]2CCCCN2C(=O)[C@H](C)n2cncn2)n1. The van der Waals surface area contributed by atoms with Gasteiger partial charge >= 0.3 is 0 Å². The summed E-state index contributed by atoms with van der Waals surface area (Å²) in [7, 11) is 0. The minimum atomic E-state index is -0.398. The van der Waals surface area contributed by atoms with Crippen LogP contribution in [0, 0.1) is 0 Å². The van der Waals surface area contributed by atoms with E-state index < -0.39 is 6.04 Å². The molecular weight excluding hydrogens is 296 g/mol. The lowest BCUT2D eigenvalue weighted by atomic mass is 10.0. The van der Waals surface area contributed by atoms with Crippen molar-refractivity contribution in [2.24, 2.45) is 0 Å². The molecule has 0 N–H and O–H groups in total. The number of piperidine rings is 1. The fourth-order valence-electron chi connectivity index (χ4n) is 2.84. The highest BCUT2D eigenvalue weighted by atomic mass is 16.5. The van der Waals surface area contributed by atoms with E-state index in [0.717, 1.165) is 19.3 Å². The fourth-order valence-corrected chi connectivity index (χ4v) is 2.84. The van der Waals surface area contributed by atoms with Crippen molar-refractivity contribution in [1.29, 1.82) is 0 Å². The number of amides is 1. The average Bonchev–Trinajstić information content (AvgIpc) is 3.24. The van der Waals surface area contributed by atoms with Crippen molar-refractivity contribution in [1.82, 2.24) is 29.8 Å². The van der Waals surface area contributed by atoms with E-state index in [2.05, 4.69) is 20.2 Å². The van der Waals surface area contributed by atoms with Gasteiger partial charge < -0.3 is 9.42 Å². The Kier molecular flexibility index (Phi) is 4.40. The Hall–Kier alpha value is -2.25. The van der Waals surface area contributed by atoms with Crippen LogP contribution in [0.4, 0.5) is 0 Å². The van der Waals surface area contributed by atoms with Gasteiger partial charge in [-0.05, 0) is 26.2 Å². The molecule has 1 saturated heterocycles. The summed E-state index contributed by atoms with van der Waals surface area (Å²) < 4.78 is 7.00. The van der Waals surface area contributed by atoms with E-state index in [4.69, 9.17) is 4.52 Å². The highest BCUT2D eigenvalue weighted by molar-refractivity contribution is 5.80. The second-order valence-electron chi connectivity index (χ2n) is 6.24. The quantitative estimate of drug-likeness (QED) is 0.857. The molecule has 2 atom stereocenters. The number of likely N-dealkylation sites (tertiary alicyclic amines) is 1. The molecule has 1 aliphatic rings. The number of carbonyl (C=O) groups excluding carboxylic acids is 1. The lowest BCUT2D eigenvalue weighted by molar-refractivity contribution is -0.139. The van der Waals surface area contributed by atoms with Crippen molar-refractivity contribution in [2.75, 3.05) is 6.54 Å². The third-order valence-electron chi connectivity index (χ3n) is 4.24. The molecule has 3 heterocycles. The molecule has 1 aliphatic heterocycles. The number of carbonyl (C=O) groups is 1. The third-order valence-corrected chi connectivity index (χ3v) is 4.24. The van der Waals surface area contributed by atoms with E-state index in [1.165, 1.54) is 6.33 Å². The number of aromatic nitrogens is 5. The van der Waals surface area contributed by atoms with Crippen molar-refractivity contribution in [3.05, 3.63) is 24.4 Å². The van der Waals surface area contributed by atoms with Gasteiger partial charge in [-0.2, -0.15) is 10.1 Å². The number of hydrogen-bond donors (Lipinski definition) is 0. The summed E-state index contributed by atoms with van der Waals surface area (Å²) in [4.78, 5) is 23.1. The summed E-state index contributed by atoms with van der Waals surface area (Å²) in [5.41, 5.74) is 0. The van der Waals surface area contributed by atoms with Gasteiger partial charge in [0.05, 0.1) is 0 Å². The predicted octanol–water partition coefficient (Wildman–Crippen LogP) is 2.10. The van der Waals surface area contributed by atoms with Crippen molar-refractivity contribution in [2.45, 2.75) is 58.0 Å². The molecule has 0 spiro atoms. The zero-order valence-electron chi connectivity index (χ0n) is 13.7. The topological polar surface area (TPSA) is 89.9 Å². The summed E-state index contributed by atoms with van der Waals surface area (Å²) >= 11 is 0. The zero-order valence-corrected chi connectivity index (χ0v) is 13.7. The van der Waals surface area contributed by atoms with Crippen LogP contribution in [-0.2, 0) is 4.79 Å². The van der Waals surface area contributed by atoms with E-state index in [0.29, 0.717) is 18.3 Å². The minimum Gasteiger partial charge on any atom is -0.337 e. The Labute approximate surface area is 134 Å².